The number of para-hydroxylation sites is 2. The second-order valence-corrected chi connectivity index (χ2v) is 23.9. The fraction of sp³-hybridized carbons (Fsp3) is 0.147. The molecule has 2 heterocycles. The van der Waals surface area contributed by atoms with Gasteiger partial charge in [-0.3, -0.25) is 0 Å². The van der Waals surface area contributed by atoms with Gasteiger partial charge in [0.25, 0.3) is 0 Å². The number of hydrogen-bond donors (Lipinski definition) is 0. The minimum Gasteiger partial charge on any atom is -0.309 e. The Labute approximate surface area is 453 Å². The van der Waals surface area contributed by atoms with Crippen molar-refractivity contribution in [2.45, 2.75) is 71.6 Å². The summed E-state index contributed by atoms with van der Waals surface area (Å²) in [7, 11) is 0. The molecule has 1 aliphatic rings. The predicted molar refractivity (Wildman–Crippen MR) is 332 cm³/mol. The second-order valence-electron chi connectivity index (χ2n) is 23.9. The molecule has 0 aliphatic heterocycles. The normalized spacial score (nSPS) is 13.5. The SMILES string of the molecule is CC(C)(C)c1ccc(-n2c3ccccc3c3cc(-c4ccc(/C=C/c5ccc6c(c5)C(C)(C)c5cc(/C=C/c7ccc(-c8ccc9c(c8)c8ccccc8n9-c8ccc(C(C)(C)C)cc8)cc7)ccc5-6)cc4)ccc32)cc1. The van der Waals surface area contributed by atoms with E-state index in [4.69, 9.17) is 0 Å². The quantitative estimate of drug-likeness (QED) is 0.134. The zero-order valence-electron chi connectivity index (χ0n) is 45.5. The topological polar surface area (TPSA) is 9.86 Å². The molecule has 0 atom stereocenters. The van der Waals surface area contributed by atoms with Crippen molar-refractivity contribution in [2.24, 2.45) is 0 Å². The van der Waals surface area contributed by atoms with Crippen LogP contribution < -0.4 is 0 Å². The lowest BCUT2D eigenvalue weighted by Gasteiger charge is -2.22. The molecule has 13 rings (SSSR count). The summed E-state index contributed by atoms with van der Waals surface area (Å²) < 4.78 is 4.80. The van der Waals surface area contributed by atoms with Gasteiger partial charge in [0, 0.05) is 38.3 Å². The molecule has 0 fully saturated rings. The van der Waals surface area contributed by atoms with E-state index in [1.54, 1.807) is 0 Å². The first-order valence-electron chi connectivity index (χ1n) is 27.3. The van der Waals surface area contributed by atoms with Crippen molar-refractivity contribution in [2.75, 3.05) is 0 Å². The molecule has 0 bridgehead atoms. The van der Waals surface area contributed by atoms with Gasteiger partial charge in [-0.05, 0) is 149 Å². The monoisotopic (exact) mass is 993 g/mol. The van der Waals surface area contributed by atoms with Crippen molar-refractivity contribution in [1.29, 1.82) is 0 Å². The van der Waals surface area contributed by atoms with Crippen LogP contribution in [0.4, 0.5) is 0 Å². The fourth-order valence-corrected chi connectivity index (χ4v) is 12.0. The Kier molecular flexibility index (Phi) is 11.4. The largest absolute Gasteiger partial charge is 0.309 e. The van der Waals surface area contributed by atoms with E-state index in [9.17, 15) is 0 Å². The van der Waals surface area contributed by atoms with E-state index in [0.29, 0.717) is 0 Å². The molecular formula is C75H64N2. The summed E-state index contributed by atoms with van der Waals surface area (Å²) in [6.45, 7) is 18.4. The van der Waals surface area contributed by atoms with Gasteiger partial charge in [0.15, 0.2) is 0 Å². The van der Waals surface area contributed by atoms with E-state index >= 15 is 0 Å². The molecule has 77 heavy (non-hydrogen) atoms. The average Bonchev–Trinajstić information content (AvgIpc) is 4.11. The van der Waals surface area contributed by atoms with Crippen molar-refractivity contribution < 1.29 is 0 Å². The van der Waals surface area contributed by atoms with Gasteiger partial charge in [-0.15, -0.1) is 0 Å². The lowest BCUT2D eigenvalue weighted by atomic mass is 9.81. The Hall–Kier alpha value is -8.72. The van der Waals surface area contributed by atoms with E-state index in [2.05, 4.69) is 307 Å². The molecule has 374 valence electrons. The molecule has 2 heteroatoms. The maximum atomic E-state index is 2.40. The maximum absolute atomic E-state index is 2.40. The summed E-state index contributed by atoms with van der Waals surface area (Å²) in [4.78, 5) is 0. The highest BCUT2D eigenvalue weighted by atomic mass is 15.0. The van der Waals surface area contributed by atoms with Crippen molar-refractivity contribution in [3.05, 3.63) is 263 Å². The Balaban J connectivity index is 0.700. The third-order valence-electron chi connectivity index (χ3n) is 16.5. The van der Waals surface area contributed by atoms with Gasteiger partial charge < -0.3 is 9.13 Å². The Bertz CT molecular complexity index is 4030. The number of nitrogens with zero attached hydrogens (tertiary/aromatic N) is 2. The smallest absolute Gasteiger partial charge is 0.0541 e. The molecule has 0 unspecified atom stereocenters. The number of rotatable bonds is 8. The molecule has 0 saturated heterocycles. The summed E-state index contributed by atoms with van der Waals surface area (Å²) in [5.74, 6) is 0. The van der Waals surface area contributed by atoms with Crippen LogP contribution >= 0.6 is 0 Å². The third-order valence-corrected chi connectivity index (χ3v) is 16.5. The number of hydrogen-bond acceptors (Lipinski definition) is 0. The van der Waals surface area contributed by atoms with Gasteiger partial charge in [-0.2, -0.15) is 0 Å². The van der Waals surface area contributed by atoms with Crippen molar-refractivity contribution >= 4 is 67.9 Å². The minimum absolute atomic E-state index is 0.112. The number of aromatic nitrogens is 2. The number of benzene rings is 10. The molecule has 2 nitrogen and oxygen atoms in total. The molecule has 0 N–H and O–H groups in total. The van der Waals surface area contributed by atoms with E-state index in [-0.39, 0.29) is 16.2 Å². The van der Waals surface area contributed by atoms with Gasteiger partial charge in [-0.25, -0.2) is 0 Å². The van der Waals surface area contributed by atoms with Crippen LogP contribution in [-0.4, -0.2) is 9.13 Å². The van der Waals surface area contributed by atoms with Crippen LogP contribution in [0.15, 0.2) is 218 Å². The zero-order chi connectivity index (χ0) is 52.8. The van der Waals surface area contributed by atoms with Crippen LogP contribution in [0.5, 0.6) is 0 Å². The van der Waals surface area contributed by atoms with Crippen LogP contribution in [0.3, 0.4) is 0 Å². The average molecular weight is 993 g/mol. The van der Waals surface area contributed by atoms with Gasteiger partial charge >= 0.3 is 0 Å². The highest BCUT2D eigenvalue weighted by molar-refractivity contribution is 6.11. The first-order chi connectivity index (χ1) is 37.2. The Morgan fingerprint density at radius 2 is 0.649 bits per heavy atom. The van der Waals surface area contributed by atoms with Crippen LogP contribution in [0.2, 0.25) is 0 Å². The zero-order valence-corrected chi connectivity index (χ0v) is 45.5. The fourth-order valence-electron chi connectivity index (χ4n) is 12.0. The molecule has 0 spiro atoms. The van der Waals surface area contributed by atoms with Gasteiger partial charge in [-0.1, -0.05) is 237 Å². The van der Waals surface area contributed by atoms with E-state index < -0.39 is 0 Å². The predicted octanol–water partition coefficient (Wildman–Crippen LogP) is 20.5. The Morgan fingerprint density at radius 1 is 0.312 bits per heavy atom. The summed E-state index contributed by atoms with van der Waals surface area (Å²) in [6.07, 6.45) is 8.99. The molecule has 0 radical (unpaired) electrons. The molecule has 0 saturated carbocycles. The molecule has 2 aromatic heterocycles. The molecule has 12 aromatic rings. The van der Waals surface area contributed by atoms with Gasteiger partial charge in [0.1, 0.15) is 0 Å². The van der Waals surface area contributed by atoms with Crippen LogP contribution in [0, 0.1) is 0 Å². The third kappa shape index (κ3) is 8.54. The van der Waals surface area contributed by atoms with E-state index in [1.165, 1.54) is 133 Å². The summed E-state index contributed by atoms with van der Waals surface area (Å²) in [5.41, 5.74) is 25.1. The standard InChI is InChI=1S/C75H64N2/c1-73(2,3)57-33-37-59(38-34-57)76-69-15-11-9-13-63(69)65-47-55(31-43-71(65)76)53-27-21-49(22-28-53)17-19-51-25-41-61-62-42-26-52(46-68(62)75(7,8)67(61)45-51)20-18-50-23-29-54(30-24-50)56-32-44-72-66(48-56)64-14-10-12-16-70(64)77(72)60-39-35-58(36-40-60)74(4,5)6/h9-48H,1-8H3/b19-17+,20-18+. The lowest BCUT2D eigenvalue weighted by Crippen LogP contribution is -2.15. The highest BCUT2D eigenvalue weighted by Gasteiger charge is 2.35. The van der Waals surface area contributed by atoms with Crippen molar-refractivity contribution in [3.8, 4) is 44.8 Å². The Morgan fingerprint density at radius 3 is 1.04 bits per heavy atom. The van der Waals surface area contributed by atoms with E-state index in [0.717, 1.165) is 0 Å². The van der Waals surface area contributed by atoms with Crippen LogP contribution in [0.25, 0.3) is 113 Å². The van der Waals surface area contributed by atoms with Crippen molar-refractivity contribution in [1.82, 2.24) is 9.13 Å². The minimum atomic E-state index is -0.129. The summed E-state index contributed by atoms with van der Waals surface area (Å²) in [6, 6.07) is 81.4. The lowest BCUT2D eigenvalue weighted by molar-refractivity contribution is 0.590. The maximum Gasteiger partial charge on any atom is 0.0541 e. The first-order valence-corrected chi connectivity index (χ1v) is 27.3. The molecule has 10 aromatic carbocycles. The number of fused-ring (bicyclic) bond motifs is 9. The van der Waals surface area contributed by atoms with Crippen molar-refractivity contribution in [3.63, 3.8) is 0 Å². The molecule has 0 amide bonds. The van der Waals surface area contributed by atoms with Crippen LogP contribution in [-0.2, 0) is 16.2 Å². The molecular weight excluding hydrogens is 929 g/mol. The van der Waals surface area contributed by atoms with Gasteiger partial charge in [0.05, 0.1) is 22.1 Å². The van der Waals surface area contributed by atoms with Crippen LogP contribution in [0.1, 0.15) is 99.9 Å². The first kappa shape index (κ1) is 48.0. The molecule has 1 aliphatic carbocycles. The van der Waals surface area contributed by atoms with Gasteiger partial charge in [0.2, 0.25) is 0 Å². The van der Waals surface area contributed by atoms with E-state index in [1.807, 2.05) is 0 Å². The second kappa shape index (κ2) is 18.2. The summed E-state index contributed by atoms with van der Waals surface area (Å²) >= 11 is 0. The highest BCUT2D eigenvalue weighted by Crippen LogP contribution is 2.49. The summed E-state index contributed by atoms with van der Waals surface area (Å²) in [5, 5.41) is 5.07.